The van der Waals surface area contributed by atoms with E-state index in [-0.39, 0.29) is 11.8 Å². The van der Waals surface area contributed by atoms with Gasteiger partial charge in [-0.15, -0.1) is 11.3 Å². The van der Waals surface area contributed by atoms with Gasteiger partial charge < -0.3 is 9.88 Å². The van der Waals surface area contributed by atoms with Gasteiger partial charge in [-0.05, 0) is 25.1 Å². The van der Waals surface area contributed by atoms with E-state index in [1.165, 1.54) is 4.88 Å². The largest absolute Gasteiger partial charge is 0.360 e. The number of H-pyrrole nitrogens is 1. The first-order chi connectivity index (χ1) is 10.6. The molecule has 0 radical (unpaired) electrons. The Hall–Kier alpha value is -1.62. The van der Waals surface area contributed by atoms with Crippen LogP contribution in [0.25, 0.3) is 10.9 Å². The molecule has 2 aromatic heterocycles. The number of aromatic amines is 1. The highest BCUT2D eigenvalue weighted by Gasteiger charge is 2.25. The smallest absolute Gasteiger partial charge is 0.221 e. The van der Waals surface area contributed by atoms with Crippen molar-refractivity contribution in [3.8, 4) is 0 Å². The second kappa shape index (κ2) is 6.24. The Balaban J connectivity index is 1.79. The lowest BCUT2D eigenvalue weighted by Crippen LogP contribution is -3.12. The maximum atomic E-state index is 12.8. The van der Waals surface area contributed by atoms with E-state index in [4.69, 9.17) is 11.6 Å². The number of benzene rings is 1. The average molecular weight is 334 g/mol. The Morgan fingerprint density at radius 3 is 2.82 bits per heavy atom. The summed E-state index contributed by atoms with van der Waals surface area (Å²) in [5.74, 6) is 0.164. The molecule has 0 amide bonds. The van der Waals surface area contributed by atoms with Crippen molar-refractivity contribution in [1.29, 1.82) is 0 Å². The Morgan fingerprint density at radius 2 is 2.09 bits per heavy atom. The second-order valence-corrected chi connectivity index (χ2v) is 7.36. The highest BCUT2D eigenvalue weighted by molar-refractivity contribution is 7.16. The highest BCUT2D eigenvalue weighted by atomic mass is 35.5. The number of fused-ring (bicyclic) bond motifs is 1. The fraction of sp³-hybridized carbons (Fsp3) is 0.235. The number of hydrogen-bond donors (Lipinski definition) is 2. The average Bonchev–Trinajstić information content (AvgIpc) is 3.12. The Kier molecular flexibility index (Phi) is 4.34. The van der Waals surface area contributed by atoms with Crippen LogP contribution in [-0.2, 0) is 6.54 Å². The van der Waals surface area contributed by atoms with Gasteiger partial charge in [0.2, 0.25) is 5.78 Å². The van der Waals surface area contributed by atoms with Gasteiger partial charge in [-0.3, -0.25) is 4.79 Å². The zero-order valence-electron chi connectivity index (χ0n) is 12.5. The molecule has 0 aliphatic carbocycles. The van der Waals surface area contributed by atoms with Crippen LogP contribution in [0.2, 0.25) is 4.34 Å². The number of ketones is 1. The number of rotatable bonds is 5. The summed E-state index contributed by atoms with van der Waals surface area (Å²) in [5, 5.41) is 0.992. The first-order valence-corrected chi connectivity index (χ1v) is 8.42. The number of carbonyl (C=O) groups is 1. The van der Waals surface area contributed by atoms with Gasteiger partial charge in [0, 0.05) is 22.7 Å². The van der Waals surface area contributed by atoms with Crippen molar-refractivity contribution in [2.75, 3.05) is 7.05 Å². The molecule has 2 atom stereocenters. The summed E-state index contributed by atoms with van der Waals surface area (Å²) in [7, 11) is 2.05. The predicted octanol–water partition coefficient (Wildman–Crippen LogP) is 3.17. The van der Waals surface area contributed by atoms with Crippen molar-refractivity contribution in [3.05, 3.63) is 57.4 Å². The molecule has 2 N–H and O–H groups in total. The van der Waals surface area contributed by atoms with Gasteiger partial charge >= 0.3 is 0 Å². The van der Waals surface area contributed by atoms with Crippen LogP contribution in [-0.4, -0.2) is 23.9 Å². The minimum atomic E-state index is -0.111. The molecular weight excluding hydrogens is 316 g/mol. The van der Waals surface area contributed by atoms with Gasteiger partial charge in [-0.1, -0.05) is 29.8 Å². The number of hydrogen-bond acceptors (Lipinski definition) is 2. The molecule has 1 unspecified atom stereocenters. The summed E-state index contributed by atoms with van der Waals surface area (Å²) in [4.78, 5) is 18.3. The molecule has 3 aromatic rings. The molecule has 0 fully saturated rings. The van der Waals surface area contributed by atoms with Gasteiger partial charge in [-0.25, -0.2) is 0 Å². The zero-order chi connectivity index (χ0) is 15.7. The minimum absolute atomic E-state index is 0.111. The third kappa shape index (κ3) is 2.95. The van der Waals surface area contributed by atoms with E-state index in [2.05, 4.69) is 4.98 Å². The van der Waals surface area contributed by atoms with Crippen LogP contribution in [0.5, 0.6) is 0 Å². The van der Waals surface area contributed by atoms with Crippen LogP contribution in [0.4, 0.5) is 0 Å². The number of thiophene rings is 1. The summed E-state index contributed by atoms with van der Waals surface area (Å²) in [6, 6.07) is 11.7. The third-order valence-corrected chi connectivity index (χ3v) is 5.30. The molecule has 3 nitrogen and oxygen atoms in total. The fourth-order valence-corrected chi connectivity index (χ4v) is 3.79. The molecule has 1 aromatic carbocycles. The Labute approximate surface area is 138 Å². The van der Waals surface area contributed by atoms with Crippen LogP contribution in [0.3, 0.4) is 0 Å². The molecule has 0 spiro atoms. The number of Topliss-reactive ketones (excluding diaryl/α,β-unsaturated/α-hetero) is 1. The lowest BCUT2D eigenvalue weighted by molar-refractivity contribution is -0.907. The second-order valence-electron chi connectivity index (χ2n) is 5.56. The quantitative estimate of drug-likeness (QED) is 0.691. The van der Waals surface area contributed by atoms with E-state index >= 15 is 0 Å². The first-order valence-electron chi connectivity index (χ1n) is 7.23. The maximum absolute atomic E-state index is 12.8. The predicted molar refractivity (Wildman–Crippen MR) is 92.0 cm³/mol. The first kappa shape index (κ1) is 15.3. The molecule has 2 heterocycles. The standard InChI is InChI=1S/C17H17ClN2OS/c1-11(20(2)10-12-7-8-16(18)22-12)17(21)14-9-19-15-6-4-3-5-13(14)15/h3-9,11,19H,10H2,1-2H3/p+1/t11-/m1/s1. The summed E-state index contributed by atoms with van der Waals surface area (Å²) < 4.78 is 0.790. The number of carbonyl (C=O) groups excluding carboxylic acids is 1. The SMILES string of the molecule is C[C@H](C(=O)c1c[nH]c2ccccc12)[NH+](C)Cc1ccc(Cl)s1. The molecule has 5 heteroatoms. The third-order valence-electron chi connectivity index (χ3n) is 4.07. The molecule has 3 rings (SSSR count). The molecule has 22 heavy (non-hydrogen) atoms. The lowest BCUT2D eigenvalue weighted by atomic mass is 10.0. The number of halogens is 1. The van der Waals surface area contributed by atoms with Crippen molar-refractivity contribution in [3.63, 3.8) is 0 Å². The van der Waals surface area contributed by atoms with Gasteiger partial charge in [0.25, 0.3) is 0 Å². The van der Waals surface area contributed by atoms with Crippen molar-refractivity contribution in [2.45, 2.75) is 19.5 Å². The van der Waals surface area contributed by atoms with Crippen LogP contribution < -0.4 is 4.90 Å². The van der Waals surface area contributed by atoms with Crippen molar-refractivity contribution in [2.24, 2.45) is 0 Å². The van der Waals surface area contributed by atoms with Crippen LogP contribution in [0, 0.1) is 0 Å². The summed E-state index contributed by atoms with van der Waals surface area (Å²) in [5.41, 5.74) is 1.77. The topological polar surface area (TPSA) is 37.3 Å². The molecule has 0 bridgehead atoms. The number of aromatic nitrogens is 1. The molecule has 0 aliphatic heterocycles. The van der Waals surface area contributed by atoms with E-state index in [0.717, 1.165) is 32.2 Å². The summed E-state index contributed by atoms with van der Waals surface area (Å²) in [6.07, 6.45) is 1.82. The van der Waals surface area contributed by atoms with Crippen molar-refractivity contribution < 1.29 is 9.69 Å². The van der Waals surface area contributed by atoms with Crippen LogP contribution in [0.15, 0.2) is 42.6 Å². The van der Waals surface area contributed by atoms with Crippen molar-refractivity contribution >= 4 is 39.6 Å². The number of para-hydroxylation sites is 1. The van der Waals surface area contributed by atoms with Crippen molar-refractivity contribution in [1.82, 2.24) is 4.98 Å². The number of nitrogens with one attached hydrogen (secondary N) is 2. The number of likely N-dealkylation sites (N-methyl/N-ethyl adjacent to an activating group) is 1. The van der Waals surface area contributed by atoms with Gasteiger partial charge in [-0.2, -0.15) is 0 Å². The van der Waals surface area contributed by atoms with Gasteiger partial charge in [0.1, 0.15) is 12.6 Å². The normalized spacial score (nSPS) is 14.1. The molecule has 0 aliphatic rings. The van der Waals surface area contributed by atoms with E-state index in [9.17, 15) is 4.79 Å². The summed E-state index contributed by atoms with van der Waals surface area (Å²) >= 11 is 7.54. The zero-order valence-corrected chi connectivity index (χ0v) is 14.1. The Morgan fingerprint density at radius 1 is 1.32 bits per heavy atom. The summed E-state index contributed by atoms with van der Waals surface area (Å²) in [6.45, 7) is 2.78. The number of quaternary nitrogens is 1. The molecule has 0 saturated heterocycles. The lowest BCUT2D eigenvalue weighted by Gasteiger charge is -2.19. The van der Waals surface area contributed by atoms with E-state index in [0.29, 0.717) is 0 Å². The highest BCUT2D eigenvalue weighted by Crippen LogP contribution is 2.21. The Bertz CT molecular complexity index is 808. The monoisotopic (exact) mass is 333 g/mol. The molecule has 0 saturated carbocycles. The fourth-order valence-electron chi connectivity index (χ4n) is 2.61. The van der Waals surface area contributed by atoms with Gasteiger partial charge in [0.05, 0.1) is 16.3 Å². The minimum Gasteiger partial charge on any atom is -0.360 e. The van der Waals surface area contributed by atoms with E-state index in [1.54, 1.807) is 11.3 Å². The molecular formula is C17H18ClN2OS+. The van der Waals surface area contributed by atoms with Crippen LogP contribution in [0.1, 0.15) is 22.2 Å². The van der Waals surface area contributed by atoms with E-state index in [1.807, 2.05) is 56.6 Å². The van der Waals surface area contributed by atoms with E-state index < -0.39 is 0 Å². The molecule has 114 valence electrons. The van der Waals surface area contributed by atoms with Crippen LogP contribution >= 0.6 is 22.9 Å². The maximum Gasteiger partial charge on any atom is 0.221 e. The van der Waals surface area contributed by atoms with Gasteiger partial charge in [0.15, 0.2) is 0 Å².